The van der Waals surface area contributed by atoms with Crippen molar-refractivity contribution in [3.05, 3.63) is 47.0 Å². The number of anilines is 1. The van der Waals surface area contributed by atoms with E-state index in [0.717, 1.165) is 0 Å². The fraction of sp³-hybridized carbons (Fsp3) is 0.222. The second-order valence-corrected chi connectivity index (χ2v) is 5.35. The lowest BCUT2D eigenvalue weighted by Crippen LogP contribution is -2.17. The average Bonchev–Trinajstić information content (AvgIpc) is 2.62. The topological polar surface area (TPSA) is 83.1 Å². The zero-order valence-corrected chi connectivity index (χ0v) is 15.3. The molecule has 2 rings (SSSR count). The second kappa shape index (κ2) is 8.96. The van der Waals surface area contributed by atoms with Crippen LogP contribution in [0.1, 0.15) is 17.3 Å². The molecule has 0 aliphatic rings. The third kappa shape index (κ3) is 4.80. The molecule has 0 aliphatic carbocycles. The van der Waals surface area contributed by atoms with Crippen LogP contribution in [0.5, 0.6) is 17.2 Å². The third-order valence-electron chi connectivity index (χ3n) is 3.29. The highest BCUT2D eigenvalue weighted by Crippen LogP contribution is 2.36. The monoisotopic (exact) mass is 379 g/mol. The molecule has 2 aromatic rings. The highest BCUT2D eigenvalue weighted by molar-refractivity contribution is 6.32. The number of nitrogens with one attached hydrogen (secondary N) is 1. The molecule has 0 spiro atoms. The summed E-state index contributed by atoms with van der Waals surface area (Å²) < 4.78 is 20.4. The van der Waals surface area contributed by atoms with Crippen molar-refractivity contribution in [3.63, 3.8) is 0 Å². The van der Waals surface area contributed by atoms with Crippen LogP contribution in [0.25, 0.3) is 0 Å². The van der Waals surface area contributed by atoms with Gasteiger partial charge in [-0.05, 0) is 37.3 Å². The van der Waals surface area contributed by atoms with Gasteiger partial charge in [0, 0.05) is 6.07 Å². The number of rotatable bonds is 6. The van der Waals surface area contributed by atoms with Crippen LogP contribution in [0.4, 0.5) is 10.5 Å². The van der Waals surface area contributed by atoms with Crippen molar-refractivity contribution in [2.24, 2.45) is 0 Å². The molecule has 0 atom stereocenters. The predicted molar refractivity (Wildman–Crippen MR) is 96.6 cm³/mol. The SMILES string of the molecule is CCOC(=O)c1ccc(OC(=O)Nc2cc(Cl)c(OC)cc2OC)cc1. The lowest BCUT2D eigenvalue weighted by Gasteiger charge is -2.13. The molecule has 0 heterocycles. The molecule has 26 heavy (non-hydrogen) atoms. The molecule has 0 unspecified atom stereocenters. The molecule has 138 valence electrons. The highest BCUT2D eigenvalue weighted by atomic mass is 35.5. The fourth-order valence-corrected chi connectivity index (χ4v) is 2.31. The Morgan fingerprint density at radius 3 is 2.27 bits per heavy atom. The number of ether oxygens (including phenoxy) is 4. The average molecular weight is 380 g/mol. The van der Waals surface area contributed by atoms with Gasteiger partial charge in [0.25, 0.3) is 0 Å². The number of carbonyl (C=O) groups excluding carboxylic acids is 2. The van der Waals surface area contributed by atoms with Gasteiger partial charge in [-0.15, -0.1) is 0 Å². The largest absolute Gasteiger partial charge is 0.495 e. The standard InChI is InChI=1S/C18H18ClNO6/c1-4-25-17(21)11-5-7-12(8-6-11)26-18(22)20-14-9-13(19)15(23-2)10-16(14)24-3/h5-10H,4H2,1-3H3,(H,20,22). The number of hydrogen-bond donors (Lipinski definition) is 1. The van der Waals surface area contributed by atoms with E-state index in [4.69, 9.17) is 30.5 Å². The van der Waals surface area contributed by atoms with Gasteiger partial charge < -0.3 is 18.9 Å². The number of amides is 1. The zero-order valence-electron chi connectivity index (χ0n) is 14.5. The summed E-state index contributed by atoms with van der Waals surface area (Å²) in [6.45, 7) is 2.01. The van der Waals surface area contributed by atoms with E-state index in [1.165, 1.54) is 44.6 Å². The minimum absolute atomic E-state index is 0.258. The van der Waals surface area contributed by atoms with Gasteiger partial charge in [0.1, 0.15) is 17.2 Å². The molecular weight excluding hydrogens is 362 g/mol. The molecule has 0 saturated carbocycles. The van der Waals surface area contributed by atoms with E-state index in [1.54, 1.807) is 13.0 Å². The minimum atomic E-state index is -0.742. The molecule has 2 aromatic carbocycles. The number of carbonyl (C=O) groups is 2. The van der Waals surface area contributed by atoms with Crippen LogP contribution < -0.4 is 19.5 Å². The molecule has 1 amide bonds. The third-order valence-corrected chi connectivity index (χ3v) is 3.58. The van der Waals surface area contributed by atoms with E-state index in [1.807, 2.05) is 0 Å². The first-order valence-corrected chi connectivity index (χ1v) is 8.03. The van der Waals surface area contributed by atoms with Crippen LogP contribution in [0.15, 0.2) is 36.4 Å². The van der Waals surface area contributed by atoms with Gasteiger partial charge in [-0.1, -0.05) is 11.6 Å². The first-order valence-electron chi connectivity index (χ1n) is 7.66. The normalized spacial score (nSPS) is 10.0. The van der Waals surface area contributed by atoms with Crippen molar-refractivity contribution < 1.29 is 28.5 Å². The smallest absolute Gasteiger partial charge is 0.417 e. The summed E-state index contributed by atoms with van der Waals surface area (Å²) in [5.41, 5.74) is 0.689. The summed E-state index contributed by atoms with van der Waals surface area (Å²) in [6.07, 6.45) is -0.742. The summed E-state index contributed by atoms with van der Waals surface area (Å²) in [6, 6.07) is 9.03. The van der Waals surface area contributed by atoms with Gasteiger partial charge in [0.2, 0.25) is 0 Å². The summed E-state index contributed by atoms with van der Waals surface area (Å²) in [7, 11) is 2.93. The molecule has 0 saturated heterocycles. The molecule has 0 aromatic heterocycles. The Bertz CT molecular complexity index is 791. The van der Waals surface area contributed by atoms with Crippen molar-refractivity contribution in [1.82, 2.24) is 0 Å². The maximum absolute atomic E-state index is 12.1. The first kappa shape index (κ1) is 19.4. The Labute approximate surface area is 155 Å². The molecule has 0 radical (unpaired) electrons. The van der Waals surface area contributed by atoms with Crippen LogP contribution in [0, 0.1) is 0 Å². The van der Waals surface area contributed by atoms with Crippen LogP contribution in [-0.2, 0) is 4.74 Å². The Balaban J connectivity index is 2.07. The van der Waals surface area contributed by atoms with E-state index in [-0.39, 0.29) is 12.4 Å². The number of hydrogen-bond acceptors (Lipinski definition) is 6. The number of halogens is 1. The lowest BCUT2D eigenvalue weighted by molar-refractivity contribution is 0.0526. The Kier molecular flexibility index (Phi) is 6.68. The maximum atomic E-state index is 12.1. The summed E-state index contributed by atoms with van der Waals surface area (Å²) in [5.74, 6) is 0.591. The quantitative estimate of drug-likeness (QED) is 0.759. The predicted octanol–water partition coefficient (Wildman–Crippen LogP) is 4.14. The van der Waals surface area contributed by atoms with Crippen LogP contribution >= 0.6 is 11.6 Å². The highest BCUT2D eigenvalue weighted by Gasteiger charge is 2.14. The van der Waals surface area contributed by atoms with Crippen LogP contribution in [-0.4, -0.2) is 32.9 Å². The van der Waals surface area contributed by atoms with Crippen LogP contribution in [0.3, 0.4) is 0 Å². The molecule has 1 N–H and O–H groups in total. The minimum Gasteiger partial charge on any atom is -0.495 e. The second-order valence-electron chi connectivity index (χ2n) is 4.95. The molecule has 0 aliphatic heterocycles. The molecular formula is C18H18ClNO6. The van der Waals surface area contributed by atoms with Gasteiger partial charge in [0.15, 0.2) is 0 Å². The fourth-order valence-electron chi connectivity index (χ4n) is 2.07. The number of methoxy groups -OCH3 is 2. The van der Waals surface area contributed by atoms with Gasteiger partial charge >= 0.3 is 12.1 Å². The molecule has 7 nitrogen and oxygen atoms in total. The molecule has 8 heteroatoms. The summed E-state index contributed by atoms with van der Waals surface area (Å²) >= 11 is 6.06. The number of benzene rings is 2. The van der Waals surface area contributed by atoms with Gasteiger partial charge in [0.05, 0.1) is 37.1 Å². The van der Waals surface area contributed by atoms with Crippen molar-refractivity contribution in [3.8, 4) is 17.2 Å². The zero-order chi connectivity index (χ0) is 19.1. The first-order chi connectivity index (χ1) is 12.5. The van der Waals surface area contributed by atoms with Gasteiger partial charge in [-0.25, -0.2) is 9.59 Å². The van der Waals surface area contributed by atoms with E-state index < -0.39 is 12.1 Å². The Morgan fingerprint density at radius 2 is 1.69 bits per heavy atom. The van der Waals surface area contributed by atoms with E-state index in [0.29, 0.717) is 27.8 Å². The van der Waals surface area contributed by atoms with Crippen molar-refractivity contribution in [2.75, 3.05) is 26.1 Å². The van der Waals surface area contributed by atoms with Crippen molar-refractivity contribution in [1.29, 1.82) is 0 Å². The van der Waals surface area contributed by atoms with Gasteiger partial charge in [-0.2, -0.15) is 0 Å². The summed E-state index contributed by atoms with van der Waals surface area (Å²) in [5, 5.41) is 2.85. The Hall–Kier alpha value is -2.93. The van der Waals surface area contributed by atoms with Crippen molar-refractivity contribution in [2.45, 2.75) is 6.92 Å². The van der Waals surface area contributed by atoms with E-state index in [2.05, 4.69) is 5.32 Å². The maximum Gasteiger partial charge on any atom is 0.417 e. The Morgan fingerprint density at radius 1 is 1.04 bits per heavy atom. The lowest BCUT2D eigenvalue weighted by atomic mass is 10.2. The molecule has 0 bridgehead atoms. The van der Waals surface area contributed by atoms with Crippen molar-refractivity contribution >= 4 is 29.4 Å². The van der Waals surface area contributed by atoms with Gasteiger partial charge in [-0.3, -0.25) is 5.32 Å². The number of esters is 1. The molecule has 0 fully saturated rings. The van der Waals surface area contributed by atoms with Crippen LogP contribution in [0.2, 0.25) is 5.02 Å². The van der Waals surface area contributed by atoms with E-state index in [9.17, 15) is 9.59 Å². The summed E-state index contributed by atoms with van der Waals surface area (Å²) in [4.78, 5) is 23.7. The van der Waals surface area contributed by atoms with E-state index >= 15 is 0 Å².